The van der Waals surface area contributed by atoms with Crippen LogP contribution in [0.15, 0.2) is 36.7 Å². The van der Waals surface area contributed by atoms with E-state index in [-0.39, 0.29) is 5.78 Å². The summed E-state index contributed by atoms with van der Waals surface area (Å²) in [5.74, 6) is 0.0943. The maximum Gasteiger partial charge on any atom is 0.195 e. The Balaban J connectivity index is 2.45. The second kappa shape index (κ2) is 2.76. The van der Waals surface area contributed by atoms with Crippen LogP contribution in [0.4, 0.5) is 0 Å². The van der Waals surface area contributed by atoms with Crippen LogP contribution < -0.4 is 0 Å². The van der Waals surface area contributed by atoms with Crippen LogP contribution in [0, 0.1) is 6.92 Å². The monoisotopic (exact) mass is 195 g/mol. The third-order valence-corrected chi connectivity index (χ3v) is 2.85. The van der Waals surface area contributed by atoms with Gasteiger partial charge in [-0.05, 0) is 29.7 Å². The van der Waals surface area contributed by atoms with Crippen LogP contribution in [0.1, 0.15) is 21.5 Å². The first-order valence-corrected chi connectivity index (χ1v) is 4.88. The standard InChI is InChI=1S/C13H9NO/c1-8-3-2-4-10-12(8)9-5-6-14-7-11(9)13(10)15/h2-7H,1H3. The minimum absolute atomic E-state index is 0.0943. The number of aromatic nitrogens is 1. The van der Waals surface area contributed by atoms with Crippen LogP contribution in [0.2, 0.25) is 0 Å². The highest BCUT2D eigenvalue weighted by atomic mass is 16.1. The van der Waals surface area contributed by atoms with Crippen LogP contribution in [0.5, 0.6) is 0 Å². The zero-order chi connectivity index (χ0) is 10.4. The van der Waals surface area contributed by atoms with Crippen molar-refractivity contribution >= 4 is 5.78 Å². The number of carbonyl (C=O) groups excluding carboxylic acids is 1. The molecule has 0 atom stereocenters. The average Bonchev–Trinajstić information content (AvgIpc) is 2.55. The van der Waals surface area contributed by atoms with Gasteiger partial charge in [0.15, 0.2) is 5.78 Å². The lowest BCUT2D eigenvalue weighted by atomic mass is 10.0. The number of hydrogen-bond donors (Lipinski definition) is 0. The highest BCUT2D eigenvalue weighted by molar-refractivity contribution is 6.21. The highest BCUT2D eigenvalue weighted by Crippen LogP contribution is 2.37. The normalized spacial score (nSPS) is 12.5. The second-order valence-electron chi connectivity index (χ2n) is 3.75. The minimum atomic E-state index is 0.0943. The zero-order valence-electron chi connectivity index (χ0n) is 8.32. The van der Waals surface area contributed by atoms with Crippen molar-refractivity contribution in [3.8, 4) is 11.1 Å². The van der Waals surface area contributed by atoms with Gasteiger partial charge in [0.05, 0.1) is 0 Å². The number of pyridine rings is 1. The molecule has 0 spiro atoms. The topological polar surface area (TPSA) is 30.0 Å². The largest absolute Gasteiger partial charge is 0.289 e. The lowest BCUT2D eigenvalue weighted by Gasteiger charge is -2.02. The van der Waals surface area contributed by atoms with E-state index in [0.717, 1.165) is 27.8 Å². The fourth-order valence-electron chi connectivity index (χ4n) is 2.15. The van der Waals surface area contributed by atoms with Crippen molar-refractivity contribution in [3.05, 3.63) is 53.3 Å². The molecule has 0 aliphatic heterocycles. The molecule has 1 aromatic carbocycles. The molecule has 0 radical (unpaired) electrons. The fraction of sp³-hybridized carbons (Fsp3) is 0.0769. The molecule has 1 aromatic heterocycles. The van der Waals surface area contributed by atoms with E-state index in [2.05, 4.69) is 4.98 Å². The van der Waals surface area contributed by atoms with Crippen LogP contribution >= 0.6 is 0 Å². The summed E-state index contributed by atoms with van der Waals surface area (Å²) in [7, 11) is 0. The van der Waals surface area contributed by atoms with Gasteiger partial charge in [0.2, 0.25) is 0 Å². The van der Waals surface area contributed by atoms with Gasteiger partial charge in [0.25, 0.3) is 0 Å². The molecule has 2 aromatic rings. The molecule has 0 amide bonds. The Bertz CT molecular complexity index is 572. The lowest BCUT2D eigenvalue weighted by molar-refractivity contribution is 0.104. The van der Waals surface area contributed by atoms with E-state index in [1.165, 1.54) is 0 Å². The Hall–Kier alpha value is -1.96. The van der Waals surface area contributed by atoms with Crippen molar-refractivity contribution in [2.24, 2.45) is 0 Å². The molecule has 15 heavy (non-hydrogen) atoms. The molecule has 0 N–H and O–H groups in total. The number of ketones is 1. The van der Waals surface area contributed by atoms with E-state index >= 15 is 0 Å². The third kappa shape index (κ3) is 0.988. The Labute approximate surface area is 87.6 Å². The number of aryl methyl sites for hydroxylation is 1. The molecule has 2 heteroatoms. The summed E-state index contributed by atoms with van der Waals surface area (Å²) in [6.45, 7) is 2.03. The quantitative estimate of drug-likeness (QED) is 0.552. The van der Waals surface area contributed by atoms with Crippen molar-refractivity contribution in [2.45, 2.75) is 6.92 Å². The number of fused-ring (bicyclic) bond motifs is 3. The molecular formula is C13H9NO. The van der Waals surface area contributed by atoms with E-state index in [4.69, 9.17) is 0 Å². The maximum absolute atomic E-state index is 12.0. The predicted molar refractivity (Wildman–Crippen MR) is 57.8 cm³/mol. The highest BCUT2D eigenvalue weighted by Gasteiger charge is 2.27. The zero-order valence-corrected chi connectivity index (χ0v) is 8.32. The summed E-state index contributed by atoms with van der Waals surface area (Å²) in [5.41, 5.74) is 4.76. The molecule has 0 unspecified atom stereocenters. The van der Waals surface area contributed by atoms with Gasteiger partial charge in [-0.1, -0.05) is 18.2 Å². The van der Waals surface area contributed by atoms with E-state index in [9.17, 15) is 4.79 Å². The van der Waals surface area contributed by atoms with Crippen LogP contribution in [-0.4, -0.2) is 10.8 Å². The summed E-state index contributed by atoms with van der Waals surface area (Å²) in [5, 5.41) is 0. The lowest BCUT2D eigenvalue weighted by Crippen LogP contribution is -1.95. The molecule has 3 rings (SSSR count). The molecule has 0 bridgehead atoms. The van der Waals surface area contributed by atoms with Gasteiger partial charge in [-0.15, -0.1) is 0 Å². The molecule has 2 nitrogen and oxygen atoms in total. The van der Waals surface area contributed by atoms with Gasteiger partial charge in [0.1, 0.15) is 0 Å². The van der Waals surface area contributed by atoms with Gasteiger partial charge in [-0.25, -0.2) is 0 Å². The Morgan fingerprint density at radius 3 is 2.80 bits per heavy atom. The van der Waals surface area contributed by atoms with Crippen LogP contribution in [-0.2, 0) is 0 Å². The first-order chi connectivity index (χ1) is 7.29. The van der Waals surface area contributed by atoms with Crippen molar-refractivity contribution in [3.63, 3.8) is 0 Å². The number of benzene rings is 1. The minimum Gasteiger partial charge on any atom is -0.289 e. The molecule has 1 aliphatic carbocycles. The van der Waals surface area contributed by atoms with Crippen LogP contribution in [0.25, 0.3) is 11.1 Å². The average molecular weight is 195 g/mol. The molecule has 0 fully saturated rings. The number of rotatable bonds is 0. The van der Waals surface area contributed by atoms with Crippen molar-refractivity contribution < 1.29 is 4.79 Å². The smallest absolute Gasteiger partial charge is 0.195 e. The maximum atomic E-state index is 12.0. The van der Waals surface area contributed by atoms with E-state index < -0.39 is 0 Å². The van der Waals surface area contributed by atoms with Crippen molar-refractivity contribution in [1.82, 2.24) is 4.98 Å². The van der Waals surface area contributed by atoms with Crippen molar-refractivity contribution in [2.75, 3.05) is 0 Å². The molecular weight excluding hydrogens is 186 g/mol. The van der Waals surface area contributed by atoms with Gasteiger partial charge in [-0.3, -0.25) is 9.78 Å². The van der Waals surface area contributed by atoms with Gasteiger partial charge in [-0.2, -0.15) is 0 Å². The summed E-state index contributed by atoms with van der Waals surface area (Å²) in [6.07, 6.45) is 3.38. The Kier molecular flexibility index (Phi) is 1.54. The van der Waals surface area contributed by atoms with Gasteiger partial charge < -0.3 is 0 Å². The summed E-state index contributed by atoms with van der Waals surface area (Å²) < 4.78 is 0. The molecule has 0 saturated carbocycles. The van der Waals surface area contributed by atoms with Gasteiger partial charge in [0, 0.05) is 23.5 Å². The molecule has 1 aliphatic rings. The Morgan fingerprint density at radius 1 is 1.07 bits per heavy atom. The van der Waals surface area contributed by atoms with Crippen molar-refractivity contribution in [1.29, 1.82) is 0 Å². The van der Waals surface area contributed by atoms with Gasteiger partial charge >= 0.3 is 0 Å². The second-order valence-corrected chi connectivity index (χ2v) is 3.75. The number of hydrogen-bond acceptors (Lipinski definition) is 2. The Morgan fingerprint density at radius 2 is 1.93 bits per heavy atom. The first kappa shape index (κ1) is 8.36. The summed E-state index contributed by atoms with van der Waals surface area (Å²) in [6, 6.07) is 7.74. The molecule has 0 saturated heterocycles. The van der Waals surface area contributed by atoms with E-state index in [1.54, 1.807) is 12.4 Å². The van der Waals surface area contributed by atoms with E-state index in [0.29, 0.717) is 0 Å². The first-order valence-electron chi connectivity index (χ1n) is 4.88. The number of nitrogens with zero attached hydrogens (tertiary/aromatic N) is 1. The van der Waals surface area contributed by atoms with Crippen LogP contribution in [0.3, 0.4) is 0 Å². The van der Waals surface area contributed by atoms with E-state index in [1.807, 2.05) is 31.2 Å². The molecule has 1 heterocycles. The third-order valence-electron chi connectivity index (χ3n) is 2.85. The fourth-order valence-corrected chi connectivity index (χ4v) is 2.15. The number of carbonyl (C=O) groups is 1. The summed E-state index contributed by atoms with van der Waals surface area (Å²) in [4.78, 5) is 16.0. The molecule has 72 valence electrons. The predicted octanol–water partition coefficient (Wildman–Crippen LogP) is 2.60. The SMILES string of the molecule is Cc1cccc2c1-c1ccncc1C2=O. The summed E-state index contributed by atoms with van der Waals surface area (Å²) >= 11 is 0.